The van der Waals surface area contributed by atoms with Gasteiger partial charge in [-0.15, -0.1) is 0 Å². The molecule has 0 radical (unpaired) electrons. The molecular formula is C21H25F2N3O2. The van der Waals surface area contributed by atoms with E-state index in [-0.39, 0.29) is 18.1 Å². The van der Waals surface area contributed by atoms with Crippen LogP contribution in [0.4, 0.5) is 14.6 Å². The summed E-state index contributed by atoms with van der Waals surface area (Å²) in [6.07, 6.45) is 1.45. The average Bonchev–Trinajstić information content (AvgIpc) is 2.67. The van der Waals surface area contributed by atoms with Crippen molar-refractivity contribution in [1.82, 2.24) is 9.88 Å². The number of hydrogen-bond acceptors (Lipinski definition) is 5. The molecule has 0 saturated carbocycles. The second kappa shape index (κ2) is 8.65. The van der Waals surface area contributed by atoms with Gasteiger partial charge in [0.25, 0.3) is 0 Å². The molecule has 1 unspecified atom stereocenters. The fourth-order valence-electron chi connectivity index (χ4n) is 3.44. The van der Waals surface area contributed by atoms with E-state index >= 15 is 0 Å². The van der Waals surface area contributed by atoms with E-state index in [0.717, 1.165) is 6.07 Å². The van der Waals surface area contributed by atoms with Crippen molar-refractivity contribution >= 4 is 11.8 Å². The molecule has 0 amide bonds. The Balaban J connectivity index is 1.70. The van der Waals surface area contributed by atoms with Crippen LogP contribution in [0.1, 0.15) is 42.7 Å². The normalized spacial score (nSPS) is 16.3. The van der Waals surface area contributed by atoms with Crippen LogP contribution >= 0.6 is 0 Å². The number of pyridine rings is 1. The lowest BCUT2D eigenvalue weighted by Gasteiger charge is -2.39. The summed E-state index contributed by atoms with van der Waals surface area (Å²) in [5.74, 6) is -0.886. The van der Waals surface area contributed by atoms with E-state index in [4.69, 9.17) is 4.74 Å². The number of aromatic nitrogens is 1. The molecule has 150 valence electrons. The zero-order valence-corrected chi connectivity index (χ0v) is 16.4. The second-order valence-electron chi connectivity index (χ2n) is 7.19. The van der Waals surface area contributed by atoms with Gasteiger partial charge in [0.05, 0.1) is 6.10 Å². The van der Waals surface area contributed by atoms with Gasteiger partial charge in [-0.1, -0.05) is 6.07 Å². The smallest absolute Gasteiger partial charge is 0.342 e. The van der Waals surface area contributed by atoms with E-state index in [1.165, 1.54) is 12.1 Å². The Morgan fingerprint density at radius 1 is 1.11 bits per heavy atom. The molecule has 1 aromatic carbocycles. The third-order valence-corrected chi connectivity index (χ3v) is 4.92. The Morgan fingerprint density at radius 3 is 2.46 bits per heavy atom. The number of piperazine rings is 1. The SMILES string of the molecule is CC(C)OC(=O)c1cccnc1N1CCN(C(C)c2ccc(F)cc2F)CC1. The fraction of sp³-hybridized carbons (Fsp3) is 0.429. The van der Waals surface area contributed by atoms with Gasteiger partial charge in [-0.2, -0.15) is 0 Å². The van der Waals surface area contributed by atoms with E-state index in [1.54, 1.807) is 18.3 Å². The number of nitrogens with zero attached hydrogens (tertiary/aromatic N) is 3. The van der Waals surface area contributed by atoms with Crippen molar-refractivity contribution in [2.24, 2.45) is 0 Å². The fourth-order valence-corrected chi connectivity index (χ4v) is 3.44. The van der Waals surface area contributed by atoms with Crippen molar-refractivity contribution in [3.63, 3.8) is 0 Å². The zero-order valence-electron chi connectivity index (χ0n) is 16.4. The highest BCUT2D eigenvalue weighted by Gasteiger charge is 2.27. The first-order valence-electron chi connectivity index (χ1n) is 9.46. The van der Waals surface area contributed by atoms with Crippen molar-refractivity contribution in [2.75, 3.05) is 31.1 Å². The van der Waals surface area contributed by atoms with Gasteiger partial charge in [0.2, 0.25) is 0 Å². The predicted molar refractivity (Wildman–Crippen MR) is 103 cm³/mol. The Morgan fingerprint density at radius 2 is 1.82 bits per heavy atom. The van der Waals surface area contributed by atoms with Crippen LogP contribution in [0.25, 0.3) is 0 Å². The monoisotopic (exact) mass is 389 g/mol. The summed E-state index contributed by atoms with van der Waals surface area (Å²) in [5.41, 5.74) is 0.927. The minimum Gasteiger partial charge on any atom is -0.459 e. The molecule has 0 spiro atoms. The highest BCUT2D eigenvalue weighted by Crippen LogP contribution is 2.27. The molecule has 1 aromatic heterocycles. The Labute approximate surface area is 163 Å². The summed E-state index contributed by atoms with van der Waals surface area (Å²) in [6, 6.07) is 6.97. The zero-order chi connectivity index (χ0) is 20.3. The number of ether oxygens (including phenoxy) is 1. The minimum atomic E-state index is -0.575. The molecule has 0 bridgehead atoms. The van der Waals surface area contributed by atoms with Crippen molar-refractivity contribution < 1.29 is 18.3 Å². The maximum Gasteiger partial charge on any atom is 0.342 e. The minimum absolute atomic E-state index is 0.170. The molecular weight excluding hydrogens is 364 g/mol. The van der Waals surface area contributed by atoms with Crippen LogP contribution in [0.3, 0.4) is 0 Å². The number of hydrogen-bond donors (Lipinski definition) is 0. The van der Waals surface area contributed by atoms with Crippen molar-refractivity contribution in [2.45, 2.75) is 32.9 Å². The molecule has 2 heterocycles. The van der Waals surface area contributed by atoms with Crippen LogP contribution in [-0.4, -0.2) is 48.1 Å². The van der Waals surface area contributed by atoms with E-state index in [9.17, 15) is 13.6 Å². The van der Waals surface area contributed by atoms with Crippen molar-refractivity contribution in [3.05, 3.63) is 59.3 Å². The van der Waals surface area contributed by atoms with Crippen LogP contribution in [0, 0.1) is 11.6 Å². The predicted octanol–water partition coefficient (Wildman–Crippen LogP) is 3.81. The van der Waals surface area contributed by atoms with Crippen molar-refractivity contribution in [1.29, 1.82) is 0 Å². The summed E-state index contributed by atoms with van der Waals surface area (Å²) in [5, 5.41) is 0. The maximum atomic E-state index is 14.1. The van der Waals surface area contributed by atoms with Gasteiger partial charge in [-0.3, -0.25) is 4.90 Å². The molecule has 1 fully saturated rings. The lowest BCUT2D eigenvalue weighted by Crippen LogP contribution is -2.48. The standard InChI is InChI=1S/C21H25F2N3O2/c1-14(2)28-21(27)18-5-4-8-24-20(18)26-11-9-25(10-12-26)15(3)17-7-6-16(22)13-19(17)23/h4-8,13-15H,9-12H2,1-3H3. The number of carbonyl (C=O) groups excluding carboxylic acids is 1. The molecule has 0 N–H and O–H groups in total. The molecule has 2 aromatic rings. The van der Waals surface area contributed by atoms with Crippen LogP contribution in [0.15, 0.2) is 36.5 Å². The molecule has 0 aliphatic carbocycles. The summed E-state index contributed by atoms with van der Waals surface area (Å²) < 4.78 is 32.6. The van der Waals surface area contributed by atoms with Gasteiger partial charge in [0.15, 0.2) is 0 Å². The van der Waals surface area contributed by atoms with Crippen LogP contribution in [0.2, 0.25) is 0 Å². The average molecular weight is 389 g/mol. The Kier molecular flexibility index (Phi) is 6.24. The third-order valence-electron chi connectivity index (χ3n) is 4.92. The van der Waals surface area contributed by atoms with E-state index in [1.807, 2.05) is 25.7 Å². The molecule has 28 heavy (non-hydrogen) atoms. The van der Waals surface area contributed by atoms with Crippen LogP contribution < -0.4 is 4.90 Å². The molecule has 1 aliphatic rings. The Hall–Kier alpha value is -2.54. The van der Waals surface area contributed by atoms with E-state index < -0.39 is 11.6 Å². The largest absolute Gasteiger partial charge is 0.459 e. The van der Waals surface area contributed by atoms with E-state index in [0.29, 0.717) is 43.1 Å². The van der Waals surface area contributed by atoms with Crippen LogP contribution in [0.5, 0.6) is 0 Å². The number of anilines is 1. The first kappa shape index (κ1) is 20.2. The first-order valence-corrected chi connectivity index (χ1v) is 9.46. The summed E-state index contributed by atoms with van der Waals surface area (Å²) in [7, 11) is 0. The lowest BCUT2D eigenvalue weighted by atomic mass is 10.1. The third kappa shape index (κ3) is 4.47. The van der Waals surface area contributed by atoms with Gasteiger partial charge in [-0.05, 0) is 39.0 Å². The molecule has 7 heteroatoms. The number of esters is 1. The Bertz CT molecular complexity index is 836. The van der Waals surface area contributed by atoms with Gasteiger partial charge in [0, 0.05) is 50.0 Å². The first-order chi connectivity index (χ1) is 13.4. The molecule has 5 nitrogen and oxygen atoms in total. The van der Waals surface area contributed by atoms with Crippen molar-refractivity contribution in [3.8, 4) is 0 Å². The van der Waals surface area contributed by atoms with Gasteiger partial charge >= 0.3 is 5.97 Å². The quantitative estimate of drug-likeness (QED) is 0.728. The van der Waals surface area contributed by atoms with Gasteiger partial charge < -0.3 is 9.64 Å². The topological polar surface area (TPSA) is 45.7 Å². The molecule has 1 saturated heterocycles. The van der Waals surface area contributed by atoms with E-state index in [2.05, 4.69) is 9.88 Å². The summed E-state index contributed by atoms with van der Waals surface area (Å²) in [6.45, 7) is 8.17. The molecule has 1 aliphatic heterocycles. The summed E-state index contributed by atoms with van der Waals surface area (Å²) >= 11 is 0. The van der Waals surface area contributed by atoms with Crippen LogP contribution in [-0.2, 0) is 4.74 Å². The maximum absolute atomic E-state index is 14.1. The number of benzene rings is 1. The van der Waals surface area contributed by atoms with Gasteiger partial charge in [-0.25, -0.2) is 18.6 Å². The summed E-state index contributed by atoms with van der Waals surface area (Å²) in [4.78, 5) is 20.9. The number of halogens is 2. The molecule has 3 rings (SSSR count). The molecule has 1 atom stereocenters. The van der Waals surface area contributed by atoms with Gasteiger partial charge in [0.1, 0.15) is 23.0 Å². The lowest BCUT2D eigenvalue weighted by molar-refractivity contribution is 0.0378. The number of carbonyl (C=O) groups is 1. The highest BCUT2D eigenvalue weighted by atomic mass is 19.1. The second-order valence-corrected chi connectivity index (χ2v) is 7.19. The highest BCUT2D eigenvalue weighted by molar-refractivity contribution is 5.94. The number of rotatable bonds is 5.